The molecule has 0 spiro atoms. The summed E-state index contributed by atoms with van der Waals surface area (Å²) in [6, 6.07) is 17.4. The van der Waals surface area contributed by atoms with Gasteiger partial charge in [-0.2, -0.15) is 0 Å². The van der Waals surface area contributed by atoms with E-state index in [2.05, 4.69) is 39.7 Å². The number of thioether (sulfide) groups is 1. The first-order valence-corrected chi connectivity index (χ1v) is 10.3. The summed E-state index contributed by atoms with van der Waals surface area (Å²) < 4.78 is 7.51. The van der Waals surface area contributed by atoms with Crippen LogP contribution >= 0.6 is 11.8 Å². The van der Waals surface area contributed by atoms with Crippen LogP contribution in [0, 0.1) is 0 Å². The van der Waals surface area contributed by atoms with Gasteiger partial charge in [0.2, 0.25) is 0 Å². The Balaban J connectivity index is 1.54. The summed E-state index contributed by atoms with van der Waals surface area (Å²) in [5.74, 6) is 0.575. The summed E-state index contributed by atoms with van der Waals surface area (Å²) in [5.41, 5.74) is 4.33. The molecule has 0 fully saturated rings. The van der Waals surface area contributed by atoms with E-state index in [1.165, 1.54) is 0 Å². The number of amides is 1. The van der Waals surface area contributed by atoms with Crippen molar-refractivity contribution in [1.29, 1.82) is 0 Å². The summed E-state index contributed by atoms with van der Waals surface area (Å²) in [6.45, 7) is 2.14. The van der Waals surface area contributed by atoms with E-state index in [1.807, 2.05) is 41.9 Å². The number of nitrogens with zero attached hydrogens (tertiary/aromatic N) is 4. The van der Waals surface area contributed by atoms with E-state index in [9.17, 15) is 4.79 Å². The van der Waals surface area contributed by atoms with E-state index in [-0.39, 0.29) is 11.2 Å². The fraction of sp³-hybridized carbons (Fsp3) is 0.182. The van der Waals surface area contributed by atoms with E-state index >= 15 is 0 Å². The third-order valence-corrected chi connectivity index (χ3v) is 5.98. The van der Waals surface area contributed by atoms with Crippen LogP contribution in [0.1, 0.15) is 28.1 Å². The molecule has 2 heterocycles. The predicted octanol–water partition coefficient (Wildman–Crippen LogP) is 4.35. The monoisotopic (exact) mass is 419 g/mol. The highest BCUT2D eigenvalue weighted by atomic mass is 32.2. The summed E-state index contributed by atoms with van der Waals surface area (Å²) in [6.07, 6.45) is 1.70. The molecule has 2 aromatic heterocycles. The molecule has 0 saturated heterocycles. The molecule has 1 atom stereocenters. The highest BCUT2D eigenvalue weighted by Crippen LogP contribution is 2.35. The molecule has 0 aliphatic carbocycles. The van der Waals surface area contributed by atoms with E-state index in [4.69, 9.17) is 4.52 Å². The minimum absolute atomic E-state index is 0.118. The number of hydrogen-bond acceptors (Lipinski definition) is 6. The third-order valence-electron chi connectivity index (χ3n) is 4.77. The maximum atomic E-state index is 11.7. The van der Waals surface area contributed by atoms with Gasteiger partial charge >= 0.3 is 0 Å². The molecule has 2 aromatic carbocycles. The van der Waals surface area contributed by atoms with Gasteiger partial charge in [0.1, 0.15) is 12.0 Å². The van der Waals surface area contributed by atoms with Gasteiger partial charge in [0, 0.05) is 42.1 Å². The lowest BCUT2D eigenvalue weighted by molar-refractivity contribution is 0.0963. The molecule has 4 rings (SSSR count). The fourth-order valence-electron chi connectivity index (χ4n) is 3.03. The van der Waals surface area contributed by atoms with Crippen LogP contribution in [0.3, 0.4) is 0 Å². The van der Waals surface area contributed by atoms with E-state index < -0.39 is 0 Å². The zero-order valence-corrected chi connectivity index (χ0v) is 17.7. The van der Waals surface area contributed by atoms with Gasteiger partial charge in [-0.05, 0) is 30.7 Å². The minimum atomic E-state index is -0.118. The van der Waals surface area contributed by atoms with Crippen LogP contribution in [0.15, 0.2) is 70.6 Å². The normalized spacial score (nSPS) is 12.0. The molecule has 4 aromatic rings. The lowest BCUT2D eigenvalue weighted by Crippen LogP contribution is -2.17. The van der Waals surface area contributed by atoms with Crippen molar-refractivity contribution in [3.8, 4) is 22.6 Å². The maximum absolute atomic E-state index is 11.7. The van der Waals surface area contributed by atoms with Crippen molar-refractivity contribution in [2.45, 2.75) is 17.3 Å². The molecule has 1 amide bonds. The number of hydrogen-bond donors (Lipinski definition) is 1. The Kier molecular flexibility index (Phi) is 5.67. The van der Waals surface area contributed by atoms with Crippen molar-refractivity contribution in [2.75, 3.05) is 7.05 Å². The Hall–Kier alpha value is -3.39. The largest absolute Gasteiger partial charge is 0.356 e. The van der Waals surface area contributed by atoms with Gasteiger partial charge in [-0.15, -0.1) is 10.2 Å². The van der Waals surface area contributed by atoms with Crippen molar-refractivity contribution in [3.05, 3.63) is 72.1 Å². The van der Waals surface area contributed by atoms with Crippen LogP contribution in [0.2, 0.25) is 0 Å². The van der Waals surface area contributed by atoms with Crippen molar-refractivity contribution in [3.63, 3.8) is 0 Å². The van der Waals surface area contributed by atoms with E-state index in [1.54, 1.807) is 37.3 Å². The summed E-state index contributed by atoms with van der Waals surface area (Å²) in [4.78, 5) is 11.7. The number of aryl methyl sites for hydroxylation is 1. The number of nitrogens with one attached hydrogen (secondary N) is 1. The molecule has 7 nitrogen and oxygen atoms in total. The Morgan fingerprint density at radius 3 is 2.63 bits per heavy atom. The van der Waals surface area contributed by atoms with Gasteiger partial charge < -0.3 is 14.4 Å². The van der Waals surface area contributed by atoms with Crippen LogP contribution in [0.25, 0.3) is 22.6 Å². The average molecular weight is 420 g/mol. The van der Waals surface area contributed by atoms with Crippen molar-refractivity contribution in [1.82, 2.24) is 25.2 Å². The first-order chi connectivity index (χ1) is 14.5. The average Bonchev–Trinajstić information content (AvgIpc) is 3.43. The summed E-state index contributed by atoms with van der Waals surface area (Å²) in [5, 5.41) is 16.0. The first-order valence-electron chi connectivity index (χ1n) is 9.45. The summed E-state index contributed by atoms with van der Waals surface area (Å²) in [7, 11) is 3.55. The Morgan fingerprint density at radius 2 is 1.93 bits per heavy atom. The molecular formula is C22H21N5O2S. The molecule has 8 heteroatoms. The minimum Gasteiger partial charge on any atom is -0.356 e. The molecule has 0 radical (unpaired) electrons. The van der Waals surface area contributed by atoms with Gasteiger partial charge in [-0.25, -0.2) is 0 Å². The zero-order chi connectivity index (χ0) is 21.1. The van der Waals surface area contributed by atoms with Gasteiger partial charge in [0.15, 0.2) is 10.9 Å². The van der Waals surface area contributed by atoms with Crippen LogP contribution in [0.4, 0.5) is 0 Å². The van der Waals surface area contributed by atoms with Crippen molar-refractivity contribution in [2.24, 2.45) is 7.05 Å². The summed E-state index contributed by atoms with van der Waals surface area (Å²) >= 11 is 1.65. The van der Waals surface area contributed by atoms with Gasteiger partial charge in [0.25, 0.3) is 5.91 Å². The highest BCUT2D eigenvalue weighted by molar-refractivity contribution is 7.99. The quantitative estimate of drug-likeness (QED) is 0.468. The molecule has 30 heavy (non-hydrogen) atoms. The second-order valence-electron chi connectivity index (χ2n) is 6.84. The second-order valence-corrected chi connectivity index (χ2v) is 8.15. The molecular weight excluding hydrogens is 398 g/mol. The standard InChI is InChI=1S/C22H21N5O2S/c1-14(30-22-25-24-13-27(22)3)17-5-4-6-18(11-17)20-12-19(26-29-20)15-7-9-16(10-8-15)21(28)23-2/h4-14H,1-3H3,(H,23,28). The molecule has 0 aliphatic heterocycles. The number of benzene rings is 2. The van der Waals surface area contributed by atoms with Crippen molar-refractivity contribution >= 4 is 17.7 Å². The smallest absolute Gasteiger partial charge is 0.251 e. The van der Waals surface area contributed by atoms with Crippen LogP contribution in [-0.2, 0) is 7.05 Å². The second kappa shape index (κ2) is 8.54. The third kappa shape index (κ3) is 4.13. The molecule has 0 aliphatic rings. The van der Waals surface area contributed by atoms with Crippen LogP contribution in [0.5, 0.6) is 0 Å². The molecule has 152 valence electrons. The highest BCUT2D eigenvalue weighted by Gasteiger charge is 2.14. The lowest BCUT2D eigenvalue weighted by atomic mass is 10.0. The first kappa shape index (κ1) is 19.9. The van der Waals surface area contributed by atoms with Crippen LogP contribution in [-0.4, -0.2) is 32.9 Å². The number of carbonyl (C=O) groups is 1. The molecule has 0 bridgehead atoms. The van der Waals surface area contributed by atoms with E-state index in [0.29, 0.717) is 11.3 Å². The Labute approximate surface area is 178 Å². The van der Waals surface area contributed by atoms with Crippen LogP contribution < -0.4 is 5.32 Å². The Morgan fingerprint density at radius 1 is 1.13 bits per heavy atom. The number of aromatic nitrogens is 4. The molecule has 1 N–H and O–H groups in total. The predicted molar refractivity (Wildman–Crippen MR) is 116 cm³/mol. The van der Waals surface area contributed by atoms with Gasteiger partial charge in [-0.3, -0.25) is 4.79 Å². The zero-order valence-electron chi connectivity index (χ0n) is 16.9. The molecule has 0 saturated carbocycles. The number of carbonyl (C=O) groups excluding carboxylic acids is 1. The lowest BCUT2D eigenvalue weighted by Gasteiger charge is -2.11. The Bertz CT molecular complexity index is 1170. The van der Waals surface area contributed by atoms with E-state index in [0.717, 1.165) is 27.5 Å². The SMILES string of the molecule is CNC(=O)c1ccc(-c2cc(-c3cccc(C(C)Sc4nncn4C)c3)on2)cc1. The fourth-order valence-corrected chi connectivity index (χ4v) is 3.94. The van der Waals surface area contributed by atoms with Crippen molar-refractivity contribution < 1.29 is 9.32 Å². The molecule has 1 unspecified atom stereocenters. The van der Waals surface area contributed by atoms with Gasteiger partial charge in [-0.1, -0.05) is 47.3 Å². The maximum Gasteiger partial charge on any atom is 0.251 e. The van der Waals surface area contributed by atoms with Gasteiger partial charge in [0.05, 0.1) is 0 Å². The number of rotatable bonds is 6. The topological polar surface area (TPSA) is 85.8 Å².